The summed E-state index contributed by atoms with van der Waals surface area (Å²) >= 11 is 6.04. The van der Waals surface area contributed by atoms with Crippen LogP contribution in [0.4, 0.5) is 0 Å². The number of benzene rings is 1. The van der Waals surface area contributed by atoms with Crippen LogP contribution >= 0.6 is 11.6 Å². The molecule has 0 saturated carbocycles. The number of aromatic nitrogens is 2. The second kappa shape index (κ2) is 7.75. The highest BCUT2D eigenvalue weighted by atomic mass is 35.5. The van der Waals surface area contributed by atoms with E-state index in [1.807, 2.05) is 49.4 Å². The first-order valence-corrected chi connectivity index (χ1v) is 9.08. The van der Waals surface area contributed by atoms with Crippen molar-refractivity contribution in [1.82, 2.24) is 9.55 Å². The van der Waals surface area contributed by atoms with Crippen molar-refractivity contribution in [2.24, 2.45) is 5.73 Å². The van der Waals surface area contributed by atoms with Crippen LogP contribution in [0, 0.1) is 6.92 Å². The number of hydrogen-bond acceptors (Lipinski definition) is 2. The average Bonchev–Trinajstić information content (AvgIpc) is 2.90. The van der Waals surface area contributed by atoms with Crippen molar-refractivity contribution in [3.63, 3.8) is 0 Å². The molecule has 2 heterocycles. The minimum atomic E-state index is -0.412. The largest absolute Gasteiger partial charge is 0.366 e. The molecule has 4 nitrogen and oxygen atoms in total. The molecule has 0 radical (unpaired) electrons. The Balaban J connectivity index is 2.22. The molecule has 0 fully saturated rings. The molecule has 0 aliphatic carbocycles. The molecule has 1 amide bonds. The van der Waals surface area contributed by atoms with Crippen LogP contribution in [-0.2, 0) is 13.0 Å². The summed E-state index contributed by atoms with van der Waals surface area (Å²) in [5.74, 6) is -0.412. The van der Waals surface area contributed by atoms with Gasteiger partial charge in [-0.25, -0.2) is 0 Å². The molecule has 0 unspecified atom stereocenters. The molecular weight excluding hydrogens is 346 g/mol. The van der Waals surface area contributed by atoms with E-state index in [4.69, 9.17) is 17.3 Å². The Morgan fingerprint density at radius 1 is 1.19 bits per heavy atom. The standard InChI is InChI=1S/C21H22ClN3O/c1-3-6-18-20(15-8-10-16(22)11-9-15)19(21(23)26)14(2)25(18)13-17-7-4-5-12-24-17/h4-5,7-12H,3,6,13H2,1-2H3,(H2,23,26). The van der Waals surface area contributed by atoms with E-state index in [0.717, 1.165) is 41.1 Å². The van der Waals surface area contributed by atoms with Crippen LogP contribution in [0.2, 0.25) is 5.02 Å². The van der Waals surface area contributed by atoms with Crippen LogP contribution in [-0.4, -0.2) is 15.5 Å². The second-order valence-electron chi connectivity index (χ2n) is 6.31. The Morgan fingerprint density at radius 3 is 2.50 bits per heavy atom. The number of nitrogens with two attached hydrogens (primary N) is 1. The molecule has 3 aromatic rings. The van der Waals surface area contributed by atoms with Gasteiger partial charge in [0.1, 0.15) is 0 Å². The number of nitrogens with zero attached hydrogens (tertiary/aromatic N) is 2. The van der Waals surface area contributed by atoms with Gasteiger partial charge in [-0.1, -0.05) is 43.1 Å². The van der Waals surface area contributed by atoms with E-state index in [0.29, 0.717) is 17.1 Å². The molecule has 0 saturated heterocycles. The number of halogens is 1. The number of primary amides is 1. The summed E-state index contributed by atoms with van der Waals surface area (Å²) in [5, 5.41) is 0.663. The van der Waals surface area contributed by atoms with Crippen molar-refractivity contribution >= 4 is 17.5 Å². The fraction of sp³-hybridized carbons (Fsp3) is 0.238. The van der Waals surface area contributed by atoms with Gasteiger partial charge in [0.15, 0.2) is 0 Å². The third-order valence-corrected chi connectivity index (χ3v) is 4.80. The summed E-state index contributed by atoms with van der Waals surface area (Å²) in [6.07, 6.45) is 3.59. The lowest BCUT2D eigenvalue weighted by Crippen LogP contribution is -2.13. The van der Waals surface area contributed by atoms with E-state index in [2.05, 4.69) is 16.5 Å². The number of rotatable bonds is 6. The third kappa shape index (κ3) is 3.51. The molecular formula is C21H22ClN3O. The molecule has 0 aliphatic rings. The maximum atomic E-state index is 12.3. The molecule has 1 aromatic carbocycles. The zero-order valence-corrected chi connectivity index (χ0v) is 15.8. The first-order chi connectivity index (χ1) is 12.5. The third-order valence-electron chi connectivity index (χ3n) is 4.54. The van der Waals surface area contributed by atoms with Gasteiger partial charge in [0, 0.05) is 28.2 Å². The minimum absolute atomic E-state index is 0.412. The van der Waals surface area contributed by atoms with Crippen molar-refractivity contribution in [3.05, 3.63) is 76.3 Å². The lowest BCUT2D eigenvalue weighted by molar-refractivity contribution is 0.1000. The molecule has 5 heteroatoms. The number of amides is 1. The highest BCUT2D eigenvalue weighted by Crippen LogP contribution is 2.34. The van der Waals surface area contributed by atoms with E-state index < -0.39 is 5.91 Å². The van der Waals surface area contributed by atoms with Gasteiger partial charge in [0.2, 0.25) is 0 Å². The smallest absolute Gasteiger partial charge is 0.251 e. The van der Waals surface area contributed by atoms with E-state index >= 15 is 0 Å². The monoisotopic (exact) mass is 367 g/mol. The Bertz CT molecular complexity index is 915. The average molecular weight is 368 g/mol. The van der Waals surface area contributed by atoms with Crippen LogP contribution < -0.4 is 5.73 Å². The Labute approximate surface area is 158 Å². The Morgan fingerprint density at radius 2 is 1.92 bits per heavy atom. The van der Waals surface area contributed by atoms with Crippen LogP contribution in [0.15, 0.2) is 48.7 Å². The molecule has 0 bridgehead atoms. The zero-order chi connectivity index (χ0) is 18.7. The van der Waals surface area contributed by atoms with Gasteiger partial charge in [-0.05, 0) is 43.2 Å². The topological polar surface area (TPSA) is 60.9 Å². The van der Waals surface area contributed by atoms with Crippen molar-refractivity contribution in [1.29, 1.82) is 0 Å². The van der Waals surface area contributed by atoms with E-state index in [9.17, 15) is 4.79 Å². The molecule has 2 aromatic heterocycles. The highest BCUT2D eigenvalue weighted by Gasteiger charge is 2.24. The zero-order valence-electron chi connectivity index (χ0n) is 15.0. The maximum Gasteiger partial charge on any atom is 0.251 e. The quantitative estimate of drug-likeness (QED) is 0.691. The summed E-state index contributed by atoms with van der Waals surface area (Å²) in [6, 6.07) is 13.4. The molecule has 26 heavy (non-hydrogen) atoms. The Hall–Kier alpha value is -2.59. The summed E-state index contributed by atoms with van der Waals surface area (Å²) in [5.41, 5.74) is 11.1. The lowest BCUT2D eigenvalue weighted by atomic mass is 9.98. The van der Waals surface area contributed by atoms with Gasteiger partial charge >= 0.3 is 0 Å². The number of pyridine rings is 1. The summed E-state index contributed by atoms with van der Waals surface area (Å²) < 4.78 is 2.16. The molecule has 0 aliphatic heterocycles. The SMILES string of the molecule is CCCc1c(-c2ccc(Cl)cc2)c(C(N)=O)c(C)n1Cc1ccccn1. The van der Waals surface area contributed by atoms with Crippen LogP contribution in [0.1, 0.15) is 40.8 Å². The fourth-order valence-corrected chi connectivity index (χ4v) is 3.52. The van der Waals surface area contributed by atoms with Gasteiger partial charge < -0.3 is 10.3 Å². The number of hydrogen-bond donors (Lipinski definition) is 1. The first-order valence-electron chi connectivity index (χ1n) is 8.70. The molecule has 3 rings (SSSR count). The predicted octanol–water partition coefficient (Wildman–Crippen LogP) is 4.61. The van der Waals surface area contributed by atoms with Gasteiger partial charge in [0.05, 0.1) is 17.8 Å². The van der Waals surface area contributed by atoms with Gasteiger partial charge in [-0.15, -0.1) is 0 Å². The van der Waals surface area contributed by atoms with Crippen molar-refractivity contribution in [2.75, 3.05) is 0 Å². The van der Waals surface area contributed by atoms with E-state index in [1.165, 1.54) is 0 Å². The van der Waals surface area contributed by atoms with Gasteiger partial charge in [0.25, 0.3) is 5.91 Å². The predicted molar refractivity (Wildman–Crippen MR) is 105 cm³/mol. The molecule has 134 valence electrons. The summed E-state index contributed by atoms with van der Waals surface area (Å²) in [4.78, 5) is 16.7. The maximum absolute atomic E-state index is 12.3. The van der Waals surface area contributed by atoms with E-state index in [-0.39, 0.29) is 0 Å². The lowest BCUT2D eigenvalue weighted by Gasteiger charge is -2.12. The molecule has 0 spiro atoms. The second-order valence-corrected chi connectivity index (χ2v) is 6.75. The number of carbonyl (C=O) groups is 1. The van der Waals surface area contributed by atoms with Gasteiger partial charge in [-0.2, -0.15) is 0 Å². The van der Waals surface area contributed by atoms with Crippen molar-refractivity contribution in [2.45, 2.75) is 33.2 Å². The fourth-order valence-electron chi connectivity index (χ4n) is 3.39. The van der Waals surface area contributed by atoms with Crippen molar-refractivity contribution in [3.8, 4) is 11.1 Å². The Kier molecular flexibility index (Phi) is 5.43. The van der Waals surface area contributed by atoms with Crippen LogP contribution in [0.25, 0.3) is 11.1 Å². The highest BCUT2D eigenvalue weighted by molar-refractivity contribution is 6.30. The van der Waals surface area contributed by atoms with Crippen LogP contribution in [0.3, 0.4) is 0 Å². The summed E-state index contributed by atoms with van der Waals surface area (Å²) in [6.45, 7) is 4.68. The van der Waals surface area contributed by atoms with Crippen molar-refractivity contribution < 1.29 is 4.79 Å². The number of carbonyl (C=O) groups excluding carboxylic acids is 1. The first kappa shape index (κ1) is 18.2. The molecule has 0 atom stereocenters. The normalized spacial score (nSPS) is 10.9. The summed E-state index contributed by atoms with van der Waals surface area (Å²) in [7, 11) is 0. The van der Waals surface area contributed by atoms with E-state index in [1.54, 1.807) is 6.20 Å². The van der Waals surface area contributed by atoms with Crippen LogP contribution in [0.5, 0.6) is 0 Å². The minimum Gasteiger partial charge on any atom is -0.366 e. The van der Waals surface area contributed by atoms with Gasteiger partial charge in [-0.3, -0.25) is 9.78 Å². The molecule has 2 N–H and O–H groups in total.